The Bertz CT molecular complexity index is 657. The van der Waals surface area contributed by atoms with Gasteiger partial charge in [0.05, 0.1) is 12.2 Å². The number of hydrogen-bond donors (Lipinski definition) is 3. The second-order valence-electron chi connectivity index (χ2n) is 4.72. The number of carbonyl (C=O) groups excluding carboxylic acids is 2. The first-order valence-electron chi connectivity index (χ1n) is 6.79. The fourth-order valence-electron chi connectivity index (χ4n) is 1.75. The molecule has 0 bridgehead atoms. The molecule has 3 N–H and O–H groups in total. The van der Waals surface area contributed by atoms with E-state index in [9.17, 15) is 9.59 Å². The van der Waals surface area contributed by atoms with Crippen LogP contribution in [0.15, 0.2) is 28.7 Å². The molecule has 2 rings (SSSR count). The third kappa shape index (κ3) is 3.85. The summed E-state index contributed by atoms with van der Waals surface area (Å²) in [6.07, 6.45) is 0. The van der Waals surface area contributed by atoms with Crippen molar-refractivity contribution in [2.45, 2.75) is 13.8 Å². The SMILES string of the molecule is CNC(=O)NCC(=O)Nc1ccc(-c2nc(C)c(C)o2)cc1. The predicted octanol–water partition coefficient (Wildman–Crippen LogP) is 1.83. The van der Waals surface area contributed by atoms with Crippen molar-refractivity contribution in [1.29, 1.82) is 0 Å². The van der Waals surface area contributed by atoms with E-state index in [1.165, 1.54) is 7.05 Å². The molecule has 1 aromatic heterocycles. The quantitative estimate of drug-likeness (QED) is 0.802. The molecule has 0 fully saturated rings. The lowest BCUT2D eigenvalue weighted by molar-refractivity contribution is -0.115. The Hall–Kier alpha value is -2.83. The maximum Gasteiger partial charge on any atom is 0.314 e. The van der Waals surface area contributed by atoms with Crippen molar-refractivity contribution in [3.63, 3.8) is 0 Å². The summed E-state index contributed by atoms with van der Waals surface area (Å²) in [5.41, 5.74) is 2.32. The van der Waals surface area contributed by atoms with Gasteiger partial charge in [0.25, 0.3) is 0 Å². The largest absolute Gasteiger partial charge is 0.441 e. The average molecular weight is 302 g/mol. The summed E-state index contributed by atoms with van der Waals surface area (Å²) in [4.78, 5) is 27.0. The van der Waals surface area contributed by atoms with Crippen LogP contribution in [-0.4, -0.2) is 30.5 Å². The van der Waals surface area contributed by atoms with Crippen molar-refractivity contribution in [3.8, 4) is 11.5 Å². The molecule has 7 nitrogen and oxygen atoms in total. The summed E-state index contributed by atoms with van der Waals surface area (Å²) in [7, 11) is 1.48. The van der Waals surface area contributed by atoms with Gasteiger partial charge >= 0.3 is 6.03 Å². The van der Waals surface area contributed by atoms with E-state index in [1.54, 1.807) is 12.1 Å². The smallest absolute Gasteiger partial charge is 0.314 e. The summed E-state index contributed by atoms with van der Waals surface area (Å²) in [6, 6.07) is 6.73. The number of rotatable bonds is 4. The van der Waals surface area contributed by atoms with E-state index in [0.717, 1.165) is 17.0 Å². The van der Waals surface area contributed by atoms with Crippen LogP contribution < -0.4 is 16.0 Å². The fourth-order valence-corrected chi connectivity index (χ4v) is 1.75. The summed E-state index contributed by atoms with van der Waals surface area (Å²) in [6.45, 7) is 3.65. The minimum atomic E-state index is -0.403. The maximum atomic E-state index is 11.7. The number of nitrogens with zero attached hydrogens (tertiary/aromatic N) is 1. The number of aromatic nitrogens is 1. The molecule has 22 heavy (non-hydrogen) atoms. The molecule has 7 heteroatoms. The standard InChI is InChI=1S/C15H18N4O3/c1-9-10(2)22-14(18-9)11-4-6-12(7-5-11)19-13(20)8-17-15(21)16-3/h4-7H,8H2,1-3H3,(H,19,20)(H2,16,17,21). The Kier molecular flexibility index (Phi) is 4.77. The van der Waals surface area contributed by atoms with Crippen LogP contribution in [0.2, 0.25) is 0 Å². The Labute approximate surface area is 128 Å². The summed E-state index contributed by atoms with van der Waals surface area (Å²) in [5, 5.41) is 7.46. The lowest BCUT2D eigenvalue weighted by Gasteiger charge is -2.06. The van der Waals surface area contributed by atoms with E-state index < -0.39 is 6.03 Å². The van der Waals surface area contributed by atoms with Crippen molar-refractivity contribution in [1.82, 2.24) is 15.6 Å². The van der Waals surface area contributed by atoms with Crippen molar-refractivity contribution in [2.75, 3.05) is 18.9 Å². The van der Waals surface area contributed by atoms with Crippen molar-refractivity contribution in [3.05, 3.63) is 35.7 Å². The Balaban J connectivity index is 1.97. The Morgan fingerprint density at radius 2 is 1.86 bits per heavy atom. The van der Waals surface area contributed by atoms with Gasteiger partial charge in [0.15, 0.2) is 0 Å². The minimum Gasteiger partial charge on any atom is -0.441 e. The van der Waals surface area contributed by atoms with Gasteiger partial charge in [-0.05, 0) is 38.1 Å². The van der Waals surface area contributed by atoms with Crippen molar-refractivity contribution >= 4 is 17.6 Å². The Morgan fingerprint density at radius 3 is 2.41 bits per heavy atom. The van der Waals surface area contributed by atoms with Gasteiger partial charge in [-0.2, -0.15) is 0 Å². The number of urea groups is 1. The number of nitrogens with one attached hydrogen (secondary N) is 3. The molecule has 0 aliphatic carbocycles. The number of anilines is 1. The molecule has 0 aliphatic rings. The normalized spacial score (nSPS) is 10.1. The first-order valence-corrected chi connectivity index (χ1v) is 6.79. The zero-order valence-corrected chi connectivity index (χ0v) is 12.7. The molecule has 0 saturated heterocycles. The van der Waals surface area contributed by atoms with Gasteiger partial charge in [-0.15, -0.1) is 0 Å². The van der Waals surface area contributed by atoms with E-state index in [0.29, 0.717) is 11.6 Å². The zero-order valence-electron chi connectivity index (χ0n) is 12.7. The molecule has 0 saturated carbocycles. The van der Waals surface area contributed by atoms with Crippen LogP contribution in [0.5, 0.6) is 0 Å². The maximum absolute atomic E-state index is 11.7. The molecule has 0 aliphatic heterocycles. The monoisotopic (exact) mass is 302 g/mol. The third-order valence-corrected chi connectivity index (χ3v) is 3.08. The van der Waals surface area contributed by atoms with E-state index in [2.05, 4.69) is 20.9 Å². The lowest BCUT2D eigenvalue weighted by Crippen LogP contribution is -2.38. The van der Waals surface area contributed by atoms with Crippen molar-refractivity contribution in [2.24, 2.45) is 0 Å². The first kappa shape index (κ1) is 15.6. The molecule has 116 valence electrons. The van der Waals surface area contributed by atoms with Gasteiger partial charge in [0.1, 0.15) is 5.76 Å². The van der Waals surface area contributed by atoms with E-state index >= 15 is 0 Å². The van der Waals surface area contributed by atoms with Gasteiger partial charge in [-0.3, -0.25) is 4.79 Å². The van der Waals surface area contributed by atoms with Crippen LogP contribution in [0.4, 0.5) is 10.5 Å². The predicted molar refractivity (Wildman–Crippen MR) is 82.5 cm³/mol. The van der Waals surface area contributed by atoms with E-state index in [-0.39, 0.29) is 12.5 Å². The number of oxazole rings is 1. The second-order valence-corrected chi connectivity index (χ2v) is 4.72. The molecule has 0 atom stereocenters. The van der Waals surface area contributed by atoms with Crippen LogP contribution in [0, 0.1) is 13.8 Å². The molecule has 2 aromatic rings. The molecule has 0 radical (unpaired) electrons. The summed E-state index contributed by atoms with van der Waals surface area (Å²) >= 11 is 0. The van der Waals surface area contributed by atoms with Crippen LogP contribution in [0.1, 0.15) is 11.5 Å². The second kappa shape index (κ2) is 6.75. The molecule has 1 heterocycles. The molecule has 0 unspecified atom stereocenters. The number of carbonyl (C=O) groups is 2. The number of hydrogen-bond acceptors (Lipinski definition) is 4. The van der Waals surface area contributed by atoms with Crippen LogP contribution in [-0.2, 0) is 4.79 Å². The highest BCUT2D eigenvalue weighted by Crippen LogP contribution is 2.22. The lowest BCUT2D eigenvalue weighted by atomic mass is 10.2. The highest BCUT2D eigenvalue weighted by atomic mass is 16.4. The zero-order chi connectivity index (χ0) is 16.1. The van der Waals surface area contributed by atoms with Gasteiger partial charge in [-0.25, -0.2) is 9.78 Å². The van der Waals surface area contributed by atoms with Crippen molar-refractivity contribution < 1.29 is 14.0 Å². The highest BCUT2D eigenvalue weighted by molar-refractivity contribution is 5.94. The Morgan fingerprint density at radius 1 is 1.18 bits per heavy atom. The van der Waals surface area contributed by atoms with Gasteiger partial charge < -0.3 is 20.4 Å². The van der Waals surface area contributed by atoms with Gasteiger partial charge in [0.2, 0.25) is 11.8 Å². The first-order chi connectivity index (χ1) is 10.5. The topological polar surface area (TPSA) is 96.3 Å². The third-order valence-electron chi connectivity index (χ3n) is 3.08. The van der Waals surface area contributed by atoms with Gasteiger partial charge in [-0.1, -0.05) is 0 Å². The number of benzene rings is 1. The summed E-state index contributed by atoms with van der Waals surface area (Å²) < 4.78 is 5.55. The number of aryl methyl sites for hydroxylation is 2. The fraction of sp³-hybridized carbons (Fsp3) is 0.267. The highest BCUT2D eigenvalue weighted by Gasteiger charge is 2.09. The molecule has 1 aromatic carbocycles. The summed E-state index contributed by atoms with van der Waals surface area (Å²) in [5.74, 6) is 1.03. The molecule has 0 spiro atoms. The molecular formula is C15H18N4O3. The van der Waals surface area contributed by atoms with Crippen LogP contribution >= 0.6 is 0 Å². The average Bonchev–Trinajstić information content (AvgIpc) is 2.85. The molecular weight excluding hydrogens is 284 g/mol. The minimum absolute atomic E-state index is 0.0977. The number of amides is 3. The van der Waals surface area contributed by atoms with Gasteiger partial charge in [0, 0.05) is 18.3 Å². The van der Waals surface area contributed by atoms with Crippen LogP contribution in [0.3, 0.4) is 0 Å². The van der Waals surface area contributed by atoms with Crippen LogP contribution in [0.25, 0.3) is 11.5 Å². The molecule has 3 amide bonds. The van der Waals surface area contributed by atoms with E-state index in [4.69, 9.17) is 4.42 Å². The van der Waals surface area contributed by atoms with E-state index in [1.807, 2.05) is 26.0 Å².